The summed E-state index contributed by atoms with van der Waals surface area (Å²) in [6.07, 6.45) is 2.79. The van der Waals surface area contributed by atoms with E-state index < -0.39 is 12.2 Å². The van der Waals surface area contributed by atoms with Crippen LogP contribution in [-0.4, -0.2) is 39.4 Å². The first-order valence-electron chi connectivity index (χ1n) is 3.98. The largest absolute Gasteiger partial charge is 0.478 e. The number of aliphatic imine (C=N–C) groups is 2. The van der Waals surface area contributed by atoms with E-state index in [4.69, 9.17) is 5.11 Å². The van der Waals surface area contributed by atoms with Crippen molar-refractivity contribution >= 4 is 33.9 Å². The maximum atomic E-state index is 10.7. The van der Waals surface area contributed by atoms with E-state index in [0.717, 1.165) is 6.20 Å². The molecule has 2 aliphatic heterocycles. The molecule has 0 amide bonds. The monoisotopic (exact) mass is 271 g/mol. The number of carbonyl (C=O) groups is 1. The fourth-order valence-electron chi connectivity index (χ4n) is 1.21. The van der Waals surface area contributed by atoms with E-state index >= 15 is 0 Å². The third kappa shape index (κ3) is 1.71. The highest BCUT2D eigenvalue weighted by molar-refractivity contribution is 9.11. The van der Waals surface area contributed by atoms with Gasteiger partial charge in [0.1, 0.15) is 10.2 Å². The molecule has 6 nitrogen and oxygen atoms in total. The Morgan fingerprint density at radius 2 is 2.33 bits per heavy atom. The van der Waals surface area contributed by atoms with Crippen LogP contribution in [0.4, 0.5) is 0 Å². The molecule has 2 N–H and O–H groups in total. The van der Waals surface area contributed by atoms with Crippen LogP contribution in [0.2, 0.25) is 0 Å². The molecule has 0 saturated heterocycles. The van der Waals surface area contributed by atoms with Gasteiger partial charge in [-0.15, -0.1) is 0 Å². The molecule has 0 fully saturated rings. The number of hydrogen-bond donors (Lipinski definition) is 2. The Labute approximate surface area is 93.1 Å². The van der Waals surface area contributed by atoms with Crippen molar-refractivity contribution in [3.63, 3.8) is 0 Å². The number of aliphatic hydroxyl groups excluding tert-OH is 1. The molecule has 0 radical (unpaired) electrons. The maximum absolute atomic E-state index is 10.7. The summed E-state index contributed by atoms with van der Waals surface area (Å²) in [5, 5.41) is 18.5. The molecule has 0 unspecified atom stereocenters. The lowest BCUT2D eigenvalue weighted by molar-refractivity contribution is -0.134. The molecule has 0 aromatic rings. The van der Waals surface area contributed by atoms with Gasteiger partial charge in [0.25, 0.3) is 0 Å². The summed E-state index contributed by atoms with van der Waals surface area (Å²) < 4.78 is 0.493. The van der Waals surface area contributed by atoms with Crippen LogP contribution in [0.1, 0.15) is 0 Å². The average molecular weight is 272 g/mol. The lowest BCUT2D eigenvalue weighted by Gasteiger charge is -2.30. The zero-order valence-corrected chi connectivity index (χ0v) is 8.92. The van der Waals surface area contributed by atoms with Crippen molar-refractivity contribution in [2.45, 2.75) is 6.23 Å². The number of aliphatic hydroxyl groups is 1. The number of carboxylic acid groups (broad SMARTS) is 1. The molecule has 78 valence electrons. The fraction of sp³-hybridized carbons (Fsp3) is 0.125. The van der Waals surface area contributed by atoms with Crippen LogP contribution in [0.25, 0.3) is 0 Å². The third-order valence-corrected chi connectivity index (χ3v) is 2.35. The molecular formula is C8H6BrN3O3. The van der Waals surface area contributed by atoms with Gasteiger partial charge >= 0.3 is 5.97 Å². The first-order valence-corrected chi connectivity index (χ1v) is 4.78. The van der Waals surface area contributed by atoms with Crippen molar-refractivity contribution in [2.24, 2.45) is 9.98 Å². The highest BCUT2D eigenvalue weighted by Gasteiger charge is 2.30. The second-order valence-corrected chi connectivity index (χ2v) is 3.68. The summed E-state index contributed by atoms with van der Waals surface area (Å²) in [5.41, 5.74) is -0.175. The highest BCUT2D eigenvalue weighted by atomic mass is 79.9. The van der Waals surface area contributed by atoms with Gasteiger partial charge in [-0.3, -0.25) is 4.90 Å². The summed E-state index contributed by atoms with van der Waals surface area (Å²) in [6, 6.07) is 0. The van der Waals surface area contributed by atoms with E-state index in [-0.39, 0.29) is 5.57 Å². The zero-order chi connectivity index (χ0) is 11.0. The number of rotatable bonds is 1. The number of carboxylic acids is 1. The van der Waals surface area contributed by atoms with E-state index in [1.165, 1.54) is 17.3 Å². The summed E-state index contributed by atoms with van der Waals surface area (Å²) in [4.78, 5) is 19.8. The van der Waals surface area contributed by atoms with Crippen molar-refractivity contribution in [3.8, 4) is 0 Å². The summed E-state index contributed by atoms with van der Waals surface area (Å²) in [7, 11) is 0. The van der Waals surface area contributed by atoms with Crippen LogP contribution in [0.3, 0.4) is 0 Å². The minimum atomic E-state index is -1.24. The number of amidine groups is 1. The molecule has 0 saturated carbocycles. The number of aliphatic carboxylic acids is 1. The molecule has 1 atom stereocenters. The van der Waals surface area contributed by atoms with E-state index in [1.54, 1.807) is 0 Å². The zero-order valence-electron chi connectivity index (χ0n) is 7.33. The lowest BCUT2D eigenvalue weighted by atomic mass is 10.2. The molecule has 0 aliphatic carbocycles. The van der Waals surface area contributed by atoms with Gasteiger partial charge < -0.3 is 10.2 Å². The van der Waals surface area contributed by atoms with Crippen LogP contribution >= 0.6 is 15.9 Å². The van der Waals surface area contributed by atoms with Gasteiger partial charge in [0.2, 0.25) is 0 Å². The standard InChI is InChI=1S/C8H6BrN3O3/c9-5-3-12-6(2-10-5)11-1-4(7(12)13)8(14)15/h1-3,7,13H,(H,14,15)/t7-/m1/s1. The van der Waals surface area contributed by atoms with Crippen LogP contribution in [0.15, 0.2) is 32.6 Å². The molecule has 7 heteroatoms. The van der Waals surface area contributed by atoms with Crippen molar-refractivity contribution in [1.29, 1.82) is 0 Å². The smallest absolute Gasteiger partial charge is 0.337 e. The normalized spacial score (nSPS) is 24.0. The Hall–Kier alpha value is -1.47. The number of fused-ring (bicyclic) bond motifs is 1. The summed E-state index contributed by atoms with van der Waals surface area (Å²) >= 11 is 3.12. The summed E-state index contributed by atoms with van der Waals surface area (Å²) in [5.74, 6) is -0.798. The van der Waals surface area contributed by atoms with E-state index in [1.807, 2.05) is 0 Å². The highest BCUT2D eigenvalue weighted by Crippen LogP contribution is 2.21. The van der Waals surface area contributed by atoms with Gasteiger partial charge in [0.05, 0.1) is 6.21 Å². The van der Waals surface area contributed by atoms with Crippen LogP contribution in [-0.2, 0) is 4.79 Å². The minimum absolute atomic E-state index is 0.175. The van der Waals surface area contributed by atoms with Gasteiger partial charge in [-0.2, -0.15) is 0 Å². The van der Waals surface area contributed by atoms with Crippen molar-refractivity contribution in [1.82, 2.24) is 4.90 Å². The Kier molecular flexibility index (Phi) is 2.41. The number of nitrogens with zero attached hydrogens (tertiary/aromatic N) is 3. The van der Waals surface area contributed by atoms with Gasteiger partial charge in [-0.1, -0.05) is 0 Å². The second-order valence-electron chi connectivity index (χ2n) is 2.87. The molecule has 2 aliphatic rings. The lowest BCUT2D eigenvalue weighted by Crippen LogP contribution is -2.43. The first kappa shape index (κ1) is 10.1. The van der Waals surface area contributed by atoms with Gasteiger partial charge in [-0.25, -0.2) is 14.8 Å². The Balaban J connectivity index is 2.40. The predicted octanol–water partition coefficient (Wildman–Crippen LogP) is 0.266. The van der Waals surface area contributed by atoms with Crippen molar-refractivity contribution in [3.05, 3.63) is 22.6 Å². The minimum Gasteiger partial charge on any atom is -0.478 e. The van der Waals surface area contributed by atoms with Crippen molar-refractivity contribution < 1.29 is 15.0 Å². The molecule has 0 aromatic carbocycles. The summed E-state index contributed by atoms with van der Waals surface area (Å²) in [6.45, 7) is 0. The van der Waals surface area contributed by atoms with Gasteiger partial charge in [0, 0.05) is 12.4 Å². The van der Waals surface area contributed by atoms with E-state index in [9.17, 15) is 9.90 Å². The SMILES string of the molecule is O=C(O)C1=CN=C2C=NC(Br)=CN2[C@@H]1O. The van der Waals surface area contributed by atoms with Crippen LogP contribution in [0.5, 0.6) is 0 Å². The Morgan fingerprint density at radius 1 is 1.60 bits per heavy atom. The fourth-order valence-corrected chi connectivity index (χ4v) is 1.54. The van der Waals surface area contributed by atoms with Crippen LogP contribution in [0, 0.1) is 0 Å². The number of halogens is 1. The van der Waals surface area contributed by atoms with E-state index in [0.29, 0.717) is 10.4 Å². The van der Waals surface area contributed by atoms with Crippen LogP contribution < -0.4 is 0 Å². The molecule has 2 heterocycles. The Morgan fingerprint density at radius 3 is 3.00 bits per heavy atom. The topological polar surface area (TPSA) is 85.5 Å². The Bertz CT molecular complexity index is 438. The molecule has 2 rings (SSSR count). The maximum Gasteiger partial charge on any atom is 0.337 e. The molecule has 0 bridgehead atoms. The quantitative estimate of drug-likeness (QED) is 0.671. The molecule has 0 aromatic heterocycles. The molecule has 15 heavy (non-hydrogen) atoms. The van der Waals surface area contributed by atoms with Gasteiger partial charge in [-0.05, 0) is 15.9 Å². The average Bonchev–Trinajstić information content (AvgIpc) is 2.19. The first-order chi connectivity index (χ1) is 7.09. The number of hydrogen-bond acceptors (Lipinski definition) is 5. The van der Waals surface area contributed by atoms with E-state index in [2.05, 4.69) is 25.9 Å². The second kappa shape index (κ2) is 3.59. The van der Waals surface area contributed by atoms with Gasteiger partial charge in [0.15, 0.2) is 12.1 Å². The third-order valence-electron chi connectivity index (χ3n) is 1.94. The van der Waals surface area contributed by atoms with Crippen molar-refractivity contribution in [2.75, 3.05) is 0 Å². The molecule has 0 spiro atoms. The predicted molar refractivity (Wildman–Crippen MR) is 56.5 cm³/mol. The molecular weight excluding hydrogens is 266 g/mol.